The average molecular weight is 286 g/mol. The lowest BCUT2D eigenvalue weighted by Gasteiger charge is -2.29. The summed E-state index contributed by atoms with van der Waals surface area (Å²) in [5, 5.41) is 12.1. The van der Waals surface area contributed by atoms with Crippen molar-refractivity contribution in [1.29, 1.82) is 5.26 Å². The Kier molecular flexibility index (Phi) is 6.56. The average Bonchev–Trinajstić information content (AvgIpc) is 2.53. The summed E-state index contributed by atoms with van der Waals surface area (Å²) >= 11 is 0. The van der Waals surface area contributed by atoms with E-state index in [1.165, 1.54) is 44.1 Å². The molecule has 0 unspecified atom stereocenters. The van der Waals surface area contributed by atoms with Gasteiger partial charge in [0.25, 0.3) is 0 Å². The van der Waals surface area contributed by atoms with Gasteiger partial charge in [-0.3, -0.25) is 0 Å². The van der Waals surface area contributed by atoms with Crippen LogP contribution in [0.5, 0.6) is 5.75 Å². The molecule has 1 aliphatic carbocycles. The minimum absolute atomic E-state index is 0.110. The third kappa shape index (κ3) is 5.40. The number of benzene rings is 1. The van der Waals surface area contributed by atoms with Crippen LogP contribution in [0.4, 0.5) is 0 Å². The molecule has 0 radical (unpaired) electrons. The van der Waals surface area contributed by atoms with Crippen LogP contribution < -0.4 is 10.1 Å². The normalized spacial score (nSPS) is 21.7. The maximum absolute atomic E-state index is 8.48. The van der Waals surface area contributed by atoms with Crippen LogP contribution in [0.2, 0.25) is 0 Å². The van der Waals surface area contributed by atoms with Crippen molar-refractivity contribution in [3.63, 3.8) is 0 Å². The second-order valence-corrected chi connectivity index (χ2v) is 5.98. The second kappa shape index (κ2) is 8.69. The number of nitrogens with one attached hydrogen (secondary N) is 1. The summed E-state index contributed by atoms with van der Waals surface area (Å²) in [6.45, 7) is 3.31. The molecular weight excluding hydrogens is 260 g/mol. The fourth-order valence-corrected chi connectivity index (χ4v) is 3.14. The summed E-state index contributed by atoms with van der Waals surface area (Å²) in [6.07, 6.45) is 8.11. The summed E-state index contributed by atoms with van der Waals surface area (Å²) in [4.78, 5) is 0. The molecule has 1 aromatic carbocycles. The van der Waals surface area contributed by atoms with E-state index in [1.54, 1.807) is 0 Å². The molecule has 3 nitrogen and oxygen atoms in total. The molecule has 1 aliphatic rings. The molecule has 1 aromatic rings. The summed E-state index contributed by atoms with van der Waals surface area (Å²) in [5.74, 6) is 1.73. The van der Waals surface area contributed by atoms with E-state index in [4.69, 9.17) is 10.00 Å². The summed E-state index contributed by atoms with van der Waals surface area (Å²) in [5.41, 5.74) is 1.27. The maximum atomic E-state index is 8.48. The number of rotatable bonds is 7. The molecule has 2 rings (SSSR count). The van der Waals surface area contributed by atoms with E-state index in [0.717, 1.165) is 18.2 Å². The first-order valence-corrected chi connectivity index (χ1v) is 8.14. The number of nitrogens with zero attached hydrogens (tertiary/aromatic N) is 1. The molecule has 0 amide bonds. The predicted molar refractivity (Wildman–Crippen MR) is 85.0 cm³/mol. The van der Waals surface area contributed by atoms with Gasteiger partial charge in [0.05, 0.1) is 0 Å². The Labute approximate surface area is 128 Å². The first-order chi connectivity index (χ1) is 10.3. The molecule has 21 heavy (non-hydrogen) atoms. The molecule has 0 aliphatic heterocycles. The monoisotopic (exact) mass is 286 g/mol. The molecule has 3 heteroatoms. The largest absolute Gasteiger partial charge is 0.479 e. The number of hydrogen-bond donors (Lipinski definition) is 1. The van der Waals surface area contributed by atoms with Crippen LogP contribution >= 0.6 is 0 Å². The maximum Gasteiger partial charge on any atom is 0.174 e. The highest BCUT2D eigenvalue weighted by atomic mass is 16.5. The third-order valence-corrected chi connectivity index (χ3v) is 4.37. The zero-order chi connectivity index (χ0) is 14.9. The van der Waals surface area contributed by atoms with E-state index < -0.39 is 0 Å². The second-order valence-electron chi connectivity index (χ2n) is 5.98. The first-order valence-electron chi connectivity index (χ1n) is 8.14. The van der Waals surface area contributed by atoms with Crippen LogP contribution in [-0.2, 0) is 6.54 Å². The van der Waals surface area contributed by atoms with Crippen molar-refractivity contribution in [1.82, 2.24) is 5.32 Å². The molecule has 0 heterocycles. The molecule has 0 bridgehead atoms. The van der Waals surface area contributed by atoms with Crippen molar-refractivity contribution >= 4 is 0 Å². The first kappa shape index (κ1) is 15.9. The van der Waals surface area contributed by atoms with Gasteiger partial charge < -0.3 is 10.1 Å². The van der Waals surface area contributed by atoms with Crippen LogP contribution in [0.3, 0.4) is 0 Å². The summed E-state index contributed by atoms with van der Waals surface area (Å²) in [6, 6.07) is 10.7. The zero-order valence-electron chi connectivity index (χ0n) is 13.0. The van der Waals surface area contributed by atoms with Gasteiger partial charge in [0.1, 0.15) is 11.8 Å². The predicted octanol–water partition coefficient (Wildman–Crippen LogP) is 4.04. The van der Waals surface area contributed by atoms with E-state index in [0.29, 0.717) is 6.04 Å². The van der Waals surface area contributed by atoms with E-state index in [9.17, 15) is 0 Å². The van der Waals surface area contributed by atoms with Crippen molar-refractivity contribution in [3.8, 4) is 11.8 Å². The van der Waals surface area contributed by atoms with Gasteiger partial charge in [-0.05, 0) is 49.3 Å². The van der Waals surface area contributed by atoms with Gasteiger partial charge in [0.2, 0.25) is 0 Å². The smallest absolute Gasteiger partial charge is 0.174 e. The van der Waals surface area contributed by atoms with Gasteiger partial charge in [-0.1, -0.05) is 31.9 Å². The molecular formula is C18H26N2O. The lowest BCUT2D eigenvalue weighted by Crippen LogP contribution is -2.32. The fraction of sp³-hybridized carbons (Fsp3) is 0.611. The molecule has 0 spiro atoms. The molecule has 114 valence electrons. The Hall–Kier alpha value is -1.53. The topological polar surface area (TPSA) is 45.0 Å². The number of ether oxygens (including phenoxy) is 1. The van der Waals surface area contributed by atoms with Crippen molar-refractivity contribution < 1.29 is 4.74 Å². The van der Waals surface area contributed by atoms with E-state index in [1.807, 2.05) is 18.2 Å². The van der Waals surface area contributed by atoms with Crippen LogP contribution in [0.1, 0.15) is 51.0 Å². The molecule has 1 N–H and O–H groups in total. The summed E-state index contributed by atoms with van der Waals surface area (Å²) in [7, 11) is 0. The number of nitriles is 1. The van der Waals surface area contributed by atoms with Crippen LogP contribution in [0.25, 0.3) is 0 Å². The van der Waals surface area contributed by atoms with Crippen LogP contribution in [0, 0.1) is 17.2 Å². The zero-order valence-corrected chi connectivity index (χ0v) is 13.0. The SMILES string of the molecule is CCCC1CCC(NCc2ccc(OCC#N)cc2)CC1. The van der Waals surface area contributed by atoms with E-state index in [-0.39, 0.29) is 6.61 Å². The quantitative estimate of drug-likeness (QED) is 0.823. The van der Waals surface area contributed by atoms with Gasteiger partial charge >= 0.3 is 0 Å². The van der Waals surface area contributed by atoms with Gasteiger partial charge in [-0.2, -0.15) is 5.26 Å². The van der Waals surface area contributed by atoms with Crippen LogP contribution in [0.15, 0.2) is 24.3 Å². The third-order valence-electron chi connectivity index (χ3n) is 4.37. The Morgan fingerprint density at radius 1 is 1.19 bits per heavy atom. The number of hydrogen-bond acceptors (Lipinski definition) is 3. The van der Waals surface area contributed by atoms with Crippen molar-refractivity contribution in [3.05, 3.63) is 29.8 Å². The minimum Gasteiger partial charge on any atom is -0.479 e. The minimum atomic E-state index is 0.110. The molecule has 0 atom stereocenters. The molecule has 1 saturated carbocycles. The highest BCUT2D eigenvalue weighted by Crippen LogP contribution is 2.27. The van der Waals surface area contributed by atoms with E-state index >= 15 is 0 Å². The Morgan fingerprint density at radius 3 is 2.52 bits per heavy atom. The Bertz CT molecular complexity index is 441. The Balaban J connectivity index is 1.70. The van der Waals surface area contributed by atoms with Gasteiger partial charge in [-0.15, -0.1) is 0 Å². The van der Waals surface area contributed by atoms with Crippen molar-refractivity contribution in [2.24, 2.45) is 5.92 Å². The highest BCUT2D eigenvalue weighted by molar-refractivity contribution is 5.27. The van der Waals surface area contributed by atoms with Crippen molar-refractivity contribution in [2.75, 3.05) is 6.61 Å². The van der Waals surface area contributed by atoms with Gasteiger partial charge in [0, 0.05) is 12.6 Å². The summed E-state index contributed by atoms with van der Waals surface area (Å²) < 4.78 is 5.26. The lowest BCUT2D eigenvalue weighted by atomic mass is 9.83. The molecule has 1 fully saturated rings. The van der Waals surface area contributed by atoms with E-state index in [2.05, 4.69) is 24.4 Å². The van der Waals surface area contributed by atoms with Crippen molar-refractivity contribution in [2.45, 2.75) is 58.0 Å². The Morgan fingerprint density at radius 2 is 1.90 bits per heavy atom. The fourth-order valence-electron chi connectivity index (χ4n) is 3.14. The van der Waals surface area contributed by atoms with Crippen LogP contribution in [-0.4, -0.2) is 12.6 Å². The molecule has 0 saturated heterocycles. The van der Waals surface area contributed by atoms with Gasteiger partial charge in [0.15, 0.2) is 6.61 Å². The lowest BCUT2D eigenvalue weighted by molar-refractivity contribution is 0.277. The standard InChI is InChI=1S/C18H26N2O/c1-2-3-15-4-8-17(9-5-15)20-14-16-6-10-18(11-7-16)21-13-12-19/h6-7,10-11,15,17,20H,2-5,8-9,13-14H2,1H3. The van der Waals surface area contributed by atoms with Gasteiger partial charge in [-0.25, -0.2) is 0 Å². The highest BCUT2D eigenvalue weighted by Gasteiger charge is 2.19. The molecule has 0 aromatic heterocycles.